The molecule has 1 atom stereocenters. The highest BCUT2D eigenvalue weighted by Crippen LogP contribution is 2.24. The zero-order valence-corrected chi connectivity index (χ0v) is 14.8. The molecule has 25 heavy (non-hydrogen) atoms. The number of rotatable bonds is 7. The molecule has 1 aromatic carbocycles. The third-order valence-corrected chi connectivity index (χ3v) is 4.53. The van der Waals surface area contributed by atoms with Gasteiger partial charge in [-0.2, -0.15) is 5.10 Å². The fourth-order valence-electron chi connectivity index (χ4n) is 2.81. The first kappa shape index (κ1) is 17.3. The van der Waals surface area contributed by atoms with Crippen molar-refractivity contribution in [1.82, 2.24) is 20.1 Å². The van der Waals surface area contributed by atoms with Gasteiger partial charge in [0.25, 0.3) is 0 Å². The summed E-state index contributed by atoms with van der Waals surface area (Å²) in [5, 5.41) is 10.5. The third-order valence-electron chi connectivity index (χ3n) is 4.28. The fraction of sp³-hybridized carbons (Fsp3) is 0.263. The van der Waals surface area contributed by atoms with Gasteiger partial charge in [0, 0.05) is 54.1 Å². The molecule has 0 spiro atoms. The van der Waals surface area contributed by atoms with E-state index in [2.05, 4.69) is 20.1 Å². The first-order chi connectivity index (χ1) is 12.1. The van der Waals surface area contributed by atoms with Gasteiger partial charge in [-0.1, -0.05) is 23.7 Å². The van der Waals surface area contributed by atoms with Crippen molar-refractivity contribution in [2.45, 2.75) is 32.4 Å². The molecule has 0 aliphatic carbocycles. The Morgan fingerprint density at radius 3 is 2.64 bits per heavy atom. The van der Waals surface area contributed by atoms with Gasteiger partial charge in [0.15, 0.2) is 0 Å². The maximum Gasteiger partial charge on any atom is 0.220 e. The van der Waals surface area contributed by atoms with Gasteiger partial charge in [-0.25, -0.2) is 0 Å². The summed E-state index contributed by atoms with van der Waals surface area (Å²) in [6.45, 7) is 3.17. The SMILES string of the molecule is Cc1[nH]ncc1CNC(=O)CC(Cn1cccc1)c1ccc(Cl)cc1. The van der Waals surface area contributed by atoms with E-state index < -0.39 is 0 Å². The fourth-order valence-corrected chi connectivity index (χ4v) is 2.94. The van der Waals surface area contributed by atoms with Crippen LogP contribution in [0, 0.1) is 6.92 Å². The number of benzene rings is 1. The van der Waals surface area contributed by atoms with Crippen LogP contribution in [-0.2, 0) is 17.9 Å². The van der Waals surface area contributed by atoms with Crippen LogP contribution >= 0.6 is 11.6 Å². The Bertz CT molecular complexity index is 808. The molecule has 0 bridgehead atoms. The summed E-state index contributed by atoms with van der Waals surface area (Å²) in [7, 11) is 0. The van der Waals surface area contributed by atoms with Crippen LogP contribution in [0.4, 0.5) is 0 Å². The standard InChI is InChI=1S/C19H21ClN4O/c1-14-17(12-22-23-14)11-21-19(25)10-16(13-24-8-2-3-9-24)15-4-6-18(20)7-5-15/h2-9,12,16H,10-11,13H2,1H3,(H,21,25)(H,22,23). The molecule has 0 aliphatic rings. The number of H-pyrrole nitrogens is 1. The second-order valence-electron chi connectivity index (χ2n) is 6.13. The molecular formula is C19H21ClN4O. The van der Waals surface area contributed by atoms with Gasteiger partial charge in [-0.05, 0) is 36.8 Å². The van der Waals surface area contributed by atoms with Crippen LogP contribution in [0.5, 0.6) is 0 Å². The molecule has 2 aromatic heterocycles. The monoisotopic (exact) mass is 356 g/mol. The van der Waals surface area contributed by atoms with Crippen LogP contribution in [-0.4, -0.2) is 20.7 Å². The predicted octanol–water partition coefficient (Wildman–Crippen LogP) is 3.66. The summed E-state index contributed by atoms with van der Waals surface area (Å²) >= 11 is 5.99. The number of aromatic nitrogens is 3. The van der Waals surface area contributed by atoms with Crippen LogP contribution in [0.3, 0.4) is 0 Å². The normalized spacial score (nSPS) is 12.1. The van der Waals surface area contributed by atoms with Gasteiger partial charge < -0.3 is 9.88 Å². The lowest BCUT2D eigenvalue weighted by Crippen LogP contribution is -2.26. The number of hydrogen-bond donors (Lipinski definition) is 2. The molecule has 3 rings (SSSR count). The molecule has 0 fully saturated rings. The van der Waals surface area contributed by atoms with E-state index in [0.29, 0.717) is 18.0 Å². The van der Waals surface area contributed by atoms with E-state index in [4.69, 9.17) is 11.6 Å². The largest absolute Gasteiger partial charge is 0.354 e. The quantitative estimate of drug-likeness (QED) is 0.678. The Morgan fingerprint density at radius 2 is 2.00 bits per heavy atom. The summed E-state index contributed by atoms with van der Waals surface area (Å²) in [5.41, 5.74) is 3.08. The van der Waals surface area contributed by atoms with Gasteiger partial charge in [0.05, 0.1) is 6.20 Å². The molecule has 5 nitrogen and oxygen atoms in total. The Labute approximate surface area is 152 Å². The number of carbonyl (C=O) groups is 1. The number of halogens is 1. The molecule has 1 amide bonds. The number of amides is 1. The van der Waals surface area contributed by atoms with Crippen molar-refractivity contribution >= 4 is 17.5 Å². The Kier molecular flexibility index (Phi) is 5.56. The minimum atomic E-state index is 0.0210. The van der Waals surface area contributed by atoms with Gasteiger partial charge in [-0.3, -0.25) is 9.89 Å². The minimum Gasteiger partial charge on any atom is -0.354 e. The molecule has 0 saturated carbocycles. The molecule has 2 heterocycles. The van der Waals surface area contributed by atoms with Crippen LogP contribution in [0.15, 0.2) is 55.0 Å². The van der Waals surface area contributed by atoms with Gasteiger partial charge >= 0.3 is 0 Å². The molecule has 0 aliphatic heterocycles. The van der Waals surface area contributed by atoms with E-state index in [0.717, 1.165) is 23.4 Å². The third kappa shape index (κ3) is 4.73. The molecule has 2 N–H and O–H groups in total. The highest BCUT2D eigenvalue weighted by molar-refractivity contribution is 6.30. The van der Waals surface area contributed by atoms with E-state index >= 15 is 0 Å². The summed E-state index contributed by atoms with van der Waals surface area (Å²) in [6, 6.07) is 11.7. The van der Waals surface area contributed by atoms with Crippen LogP contribution in [0.2, 0.25) is 5.02 Å². The van der Waals surface area contributed by atoms with Gasteiger partial charge in [0.1, 0.15) is 0 Å². The van der Waals surface area contributed by atoms with Crippen molar-refractivity contribution in [3.05, 3.63) is 76.8 Å². The molecule has 0 saturated heterocycles. The first-order valence-electron chi connectivity index (χ1n) is 8.23. The lowest BCUT2D eigenvalue weighted by Gasteiger charge is -2.18. The second-order valence-corrected chi connectivity index (χ2v) is 6.57. The minimum absolute atomic E-state index is 0.0210. The van der Waals surface area contributed by atoms with Crippen LogP contribution < -0.4 is 5.32 Å². The zero-order chi connectivity index (χ0) is 17.6. The summed E-state index contributed by atoms with van der Waals surface area (Å²) in [5.74, 6) is 0.0998. The van der Waals surface area contributed by atoms with E-state index in [-0.39, 0.29) is 11.8 Å². The number of aromatic amines is 1. The van der Waals surface area contributed by atoms with Crippen molar-refractivity contribution in [2.75, 3.05) is 0 Å². The Hall–Kier alpha value is -2.53. The topological polar surface area (TPSA) is 62.7 Å². The molecular weight excluding hydrogens is 336 g/mol. The molecule has 6 heteroatoms. The van der Waals surface area contributed by atoms with Crippen LogP contribution in [0.25, 0.3) is 0 Å². The Balaban J connectivity index is 1.67. The van der Waals surface area contributed by atoms with Crippen molar-refractivity contribution in [3.63, 3.8) is 0 Å². The Morgan fingerprint density at radius 1 is 1.28 bits per heavy atom. The predicted molar refractivity (Wildman–Crippen MR) is 98.4 cm³/mol. The van der Waals surface area contributed by atoms with E-state index in [1.807, 2.05) is 55.7 Å². The summed E-state index contributed by atoms with van der Waals surface area (Å²) in [6.07, 6.45) is 6.17. The van der Waals surface area contributed by atoms with E-state index in [9.17, 15) is 4.79 Å². The lowest BCUT2D eigenvalue weighted by atomic mass is 9.95. The molecule has 0 radical (unpaired) electrons. The number of nitrogens with one attached hydrogen (secondary N) is 2. The van der Waals surface area contributed by atoms with Crippen molar-refractivity contribution in [2.24, 2.45) is 0 Å². The average Bonchev–Trinajstić information content (AvgIpc) is 3.25. The number of carbonyl (C=O) groups excluding carboxylic acids is 1. The average molecular weight is 357 g/mol. The smallest absolute Gasteiger partial charge is 0.220 e. The molecule has 3 aromatic rings. The number of nitrogens with zero attached hydrogens (tertiary/aromatic N) is 2. The van der Waals surface area contributed by atoms with Crippen molar-refractivity contribution in [3.8, 4) is 0 Å². The van der Waals surface area contributed by atoms with Gasteiger partial charge in [-0.15, -0.1) is 0 Å². The van der Waals surface area contributed by atoms with Crippen molar-refractivity contribution in [1.29, 1.82) is 0 Å². The second kappa shape index (κ2) is 8.03. The highest BCUT2D eigenvalue weighted by Gasteiger charge is 2.17. The lowest BCUT2D eigenvalue weighted by molar-refractivity contribution is -0.121. The highest BCUT2D eigenvalue weighted by atomic mass is 35.5. The van der Waals surface area contributed by atoms with Crippen molar-refractivity contribution < 1.29 is 4.79 Å². The summed E-state index contributed by atoms with van der Waals surface area (Å²) in [4.78, 5) is 12.5. The number of hydrogen-bond acceptors (Lipinski definition) is 2. The van der Waals surface area contributed by atoms with Gasteiger partial charge in [0.2, 0.25) is 5.91 Å². The summed E-state index contributed by atoms with van der Waals surface area (Å²) < 4.78 is 2.09. The van der Waals surface area contributed by atoms with E-state index in [1.54, 1.807) is 6.20 Å². The molecule has 1 unspecified atom stereocenters. The first-order valence-corrected chi connectivity index (χ1v) is 8.61. The van der Waals surface area contributed by atoms with Crippen LogP contribution in [0.1, 0.15) is 29.2 Å². The van der Waals surface area contributed by atoms with E-state index in [1.165, 1.54) is 0 Å². The number of aryl methyl sites for hydroxylation is 1. The zero-order valence-electron chi connectivity index (χ0n) is 14.1. The maximum atomic E-state index is 12.5. The molecule has 130 valence electrons. The maximum absolute atomic E-state index is 12.5.